The molecule has 192 valence electrons. The molecule has 10 heteroatoms. The highest BCUT2D eigenvalue weighted by Gasteiger charge is 2.27. The summed E-state index contributed by atoms with van der Waals surface area (Å²) in [6.07, 6.45) is 0.753. The van der Waals surface area contributed by atoms with E-state index in [0.29, 0.717) is 17.3 Å². The summed E-state index contributed by atoms with van der Waals surface area (Å²) in [4.78, 5) is 12.8. The fraction of sp³-hybridized carbons (Fsp3) is 0.269. The highest BCUT2D eigenvalue weighted by atomic mass is 35.5. The summed E-state index contributed by atoms with van der Waals surface area (Å²) in [6.45, 7) is 1.93. The Bertz CT molecular complexity index is 1270. The van der Waals surface area contributed by atoms with Crippen LogP contribution >= 0.6 is 35.0 Å². The van der Waals surface area contributed by atoms with Crippen molar-refractivity contribution in [3.8, 4) is 5.75 Å². The van der Waals surface area contributed by atoms with E-state index in [-0.39, 0.29) is 22.2 Å². The second kappa shape index (κ2) is 13.2. The number of benzene rings is 3. The normalized spacial score (nSPS) is 11.2. The molecule has 0 saturated carbocycles. The van der Waals surface area contributed by atoms with Crippen LogP contribution in [0.2, 0.25) is 10.0 Å². The summed E-state index contributed by atoms with van der Waals surface area (Å²) in [7, 11) is -2.54. The Hall–Kier alpha value is -2.39. The zero-order chi connectivity index (χ0) is 26.1. The predicted molar refractivity (Wildman–Crippen MR) is 149 cm³/mol. The van der Waals surface area contributed by atoms with Gasteiger partial charge >= 0.3 is 0 Å². The molecule has 0 aliphatic rings. The molecule has 0 bridgehead atoms. The van der Waals surface area contributed by atoms with Gasteiger partial charge < -0.3 is 10.1 Å². The third-order valence-corrected chi connectivity index (χ3v) is 8.74. The molecule has 0 aliphatic carbocycles. The average Bonchev–Trinajstić information content (AvgIpc) is 2.86. The molecule has 0 atom stereocenters. The number of thioether (sulfide) groups is 1. The molecule has 0 saturated heterocycles. The number of hydrogen-bond donors (Lipinski definition) is 1. The molecule has 1 amide bonds. The first-order chi connectivity index (χ1) is 17.2. The lowest BCUT2D eigenvalue weighted by Crippen LogP contribution is -2.41. The van der Waals surface area contributed by atoms with Gasteiger partial charge in [-0.2, -0.15) is 11.8 Å². The Labute approximate surface area is 227 Å². The topological polar surface area (TPSA) is 75.7 Å². The van der Waals surface area contributed by atoms with Crippen molar-refractivity contribution in [3.05, 3.63) is 87.9 Å². The number of anilines is 1. The maximum absolute atomic E-state index is 13.5. The van der Waals surface area contributed by atoms with Crippen molar-refractivity contribution in [1.29, 1.82) is 0 Å². The van der Waals surface area contributed by atoms with Crippen LogP contribution in [-0.4, -0.2) is 40.3 Å². The highest BCUT2D eigenvalue weighted by Crippen LogP contribution is 2.32. The second-order valence-electron chi connectivity index (χ2n) is 8.03. The summed E-state index contributed by atoms with van der Waals surface area (Å²) in [5.74, 6) is 1.71. The molecule has 1 N–H and O–H groups in total. The van der Waals surface area contributed by atoms with Gasteiger partial charge in [-0.25, -0.2) is 8.42 Å². The van der Waals surface area contributed by atoms with Crippen molar-refractivity contribution in [1.82, 2.24) is 5.32 Å². The van der Waals surface area contributed by atoms with Gasteiger partial charge in [0.1, 0.15) is 12.3 Å². The first kappa shape index (κ1) is 28.2. The minimum Gasteiger partial charge on any atom is -0.495 e. The van der Waals surface area contributed by atoms with Gasteiger partial charge in [0.05, 0.1) is 22.7 Å². The predicted octanol–water partition coefficient (Wildman–Crippen LogP) is 5.95. The van der Waals surface area contributed by atoms with Gasteiger partial charge in [-0.05, 0) is 67.1 Å². The minimum atomic E-state index is -4.02. The number of rotatable bonds is 12. The van der Waals surface area contributed by atoms with Crippen LogP contribution in [0.5, 0.6) is 5.75 Å². The van der Waals surface area contributed by atoms with Crippen LogP contribution in [0.15, 0.2) is 71.6 Å². The molecule has 0 fully saturated rings. The zero-order valence-corrected chi connectivity index (χ0v) is 23.2. The number of carbonyl (C=O) groups is 1. The lowest BCUT2D eigenvalue weighted by molar-refractivity contribution is -0.119. The minimum absolute atomic E-state index is 0.0893. The molecule has 0 aromatic heterocycles. The second-order valence-corrected chi connectivity index (χ2v) is 11.8. The zero-order valence-electron chi connectivity index (χ0n) is 20.0. The molecule has 0 spiro atoms. The van der Waals surface area contributed by atoms with Crippen molar-refractivity contribution in [3.63, 3.8) is 0 Å². The van der Waals surface area contributed by atoms with Crippen molar-refractivity contribution in [2.45, 2.75) is 24.0 Å². The van der Waals surface area contributed by atoms with Crippen LogP contribution in [-0.2, 0) is 20.6 Å². The van der Waals surface area contributed by atoms with E-state index in [2.05, 4.69) is 5.32 Å². The maximum Gasteiger partial charge on any atom is 0.264 e. The molecular formula is C26H28Cl2N2O4S2. The molecular weight excluding hydrogens is 539 g/mol. The van der Waals surface area contributed by atoms with Gasteiger partial charge in [-0.15, -0.1) is 0 Å². The van der Waals surface area contributed by atoms with Crippen LogP contribution in [0, 0.1) is 6.92 Å². The number of nitrogens with zero attached hydrogens (tertiary/aromatic N) is 1. The number of sulfonamides is 1. The van der Waals surface area contributed by atoms with E-state index >= 15 is 0 Å². The molecule has 0 aliphatic heterocycles. The first-order valence-corrected chi connectivity index (χ1v) is 14.6. The number of ether oxygens (including phenoxy) is 1. The third-order valence-electron chi connectivity index (χ3n) is 5.29. The molecule has 0 radical (unpaired) electrons. The van der Waals surface area contributed by atoms with Crippen LogP contribution < -0.4 is 14.4 Å². The lowest BCUT2D eigenvalue weighted by atomic mass is 10.2. The van der Waals surface area contributed by atoms with Gasteiger partial charge in [0.2, 0.25) is 5.91 Å². The lowest BCUT2D eigenvalue weighted by Gasteiger charge is -2.24. The summed E-state index contributed by atoms with van der Waals surface area (Å²) in [5, 5.41) is 3.78. The number of halogens is 2. The maximum atomic E-state index is 13.5. The highest BCUT2D eigenvalue weighted by molar-refractivity contribution is 7.98. The van der Waals surface area contributed by atoms with Gasteiger partial charge in [0.15, 0.2) is 0 Å². The number of aryl methyl sites for hydroxylation is 1. The van der Waals surface area contributed by atoms with Crippen molar-refractivity contribution in [2.75, 3.05) is 30.3 Å². The molecule has 3 rings (SSSR count). The number of amides is 1. The smallest absolute Gasteiger partial charge is 0.264 e. The van der Waals surface area contributed by atoms with Crippen molar-refractivity contribution in [2.24, 2.45) is 0 Å². The van der Waals surface area contributed by atoms with E-state index in [0.717, 1.165) is 27.8 Å². The van der Waals surface area contributed by atoms with Gasteiger partial charge in [-0.3, -0.25) is 9.10 Å². The third kappa shape index (κ3) is 7.80. The first-order valence-electron chi connectivity index (χ1n) is 11.2. The Balaban J connectivity index is 1.63. The molecule has 3 aromatic carbocycles. The van der Waals surface area contributed by atoms with Gasteiger partial charge in [-0.1, -0.05) is 53.0 Å². The van der Waals surface area contributed by atoms with E-state index in [9.17, 15) is 13.2 Å². The van der Waals surface area contributed by atoms with Gasteiger partial charge in [0, 0.05) is 17.3 Å². The van der Waals surface area contributed by atoms with Crippen LogP contribution in [0.4, 0.5) is 5.69 Å². The molecule has 0 heterocycles. The van der Waals surface area contributed by atoms with E-state index in [1.54, 1.807) is 36.0 Å². The van der Waals surface area contributed by atoms with Crippen LogP contribution in [0.25, 0.3) is 0 Å². The van der Waals surface area contributed by atoms with Gasteiger partial charge in [0.25, 0.3) is 10.0 Å². The number of carbonyl (C=O) groups excluding carboxylic acids is 1. The summed E-state index contributed by atoms with van der Waals surface area (Å²) < 4.78 is 33.2. The Morgan fingerprint density at radius 2 is 1.72 bits per heavy atom. The SMILES string of the molecule is COc1ccc(N(CC(=O)NCCCSCc2ccc(Cl)cc2)S(=O)(=O)c2ccc(C)cc2)cc1Cl. The Morgan fingerprint density at radius 1 is 1.03 bits per heavy atom. The summed E-state index contributed by atoms with van der Waals surface area (Å²) in [5.41, 5.74) is 2.39. The van der Waals surface area contributed by atoms with Crippen LogP contribution in [0.1, 0.15) is 17.5 Å². The Kier molecular flexibility index (Phi) is 10.4. The summed E-state index contributed by atoms with van der Waals surface area (Å²) in [6, 6.07) is 18.8. The number of hydrogen-bond acceptors (Lipinski definition) is 5. The Morgan fingerprint density at radius 3 is 2.36 bits per heavy atom. The number of nitrogens with one attached hydrogen (secondary N) is 1. The van der Waals surface area contributed by atoms with E-state index in [4.69, 9.17) is 27.9 Å². The quantitative estimate of drug-likeness (QED) is 0.274. The van der Waals surface area contributed by atoms with E-state index in [1.165, 1.54) is 30.9 Å². The number of methoxy groups -OCH3 is 1. The monoisotopic (exact) mass is 566 g/mol. The standard InChI is InChI=1S/C26H28Cl2N2O4S2/c1-19-4-11-23(12-5-19)36(32,33)30(22-10-13-25(34-2)24(28)16-22)17-26(31)29-14-3-15-35-18-20-6-8-21(27)9-7-20/h4-13,16H,3,14-15,17-18H2,1-2H3,(H,29,31). The van der Waals surface area contributed by atoms with E-state index < -0.39 is 15.9 Å². The van der Waals surface area contributed by atoms with Crippen LogP contribution in [0.3, 0.4) is 0 Å². The fourth-order valence-corrected chi connectivity index (χ4v) is 6.03. The molecule has 3 aromatic rings. The fourth-order valence-electron chi connectivity index (χ4n) is 3.32. The van der Waals surface area contributed by atoms with E-state index in [1.807, 2.05) is 31.2 Å². The average molecular weight is 568 g/mol. The van der Waals surface area contributed by atoms with Crippen molar-refractivity contribution >= 4 is 56.6 Å². The summed E-state index contributed by atoms with van der Waals surface area (Å²) >= 11 is 13.9. The van der Waals surface area contributed by atoms with Crippen molar-refractivity contribution < 1.29 is 17.9 Å². The molecule has 36 heavy (non-hydrogen) atoms. The largest absolute Gasteiger partial charge is 0.495 e. The molecule has 6 nitrogen and oxygen atoms in total. The molecule has 0 unspecified atom stereocenters.